The number of benzene rings is 1. The lowest BCUT2D eigenvalue weighted by molar-refractivity contribution is 0.350. The van der Waals surface area contributed by atoms with Crippen LogP contribution in [0.2, 0.25) is 0 Å². The summed E-state index contributed by atoms with van der Waals surface area (Å²) in [6.45, 7) is 0. The van der Waals surface area contributed by atoms with Crippen molar-refractivity contribution in [3.05, 3.63) is 36.7 Å². The van der Waals surface area contributed by atoms with Crippen molar-refractivity contribution in [3.8, 4) is 40.1 Å². The molecule has 3 aromatic rings. The molecule has 8 nitrogen and oxygen atoms in total. The third-order valence-electron chi connectivity index (χ3n) is 3.29. The maximum Gasteiger partial charge on any atom is 0.200 e. The molecule has 2 N–H and O–H groups in total. The first-order valence-corrected chi connectivity index (χ1v) is 6.65. The number of ether oxygens (including phenoxy) is 2. The smallest absolute Gasteiger partial charge is 0.200 e. The number of methoxy groups -OCH3 is 2. The lowest BCUT2D eigenvalue weighted by atomic mass is 10.2. The fraction of sp³-hybridized carbons (Fsp3) is 0.133. The summed E-state index contributed by atoms with van der Waals surface area (Å²) < 4.78 is 11.6. The van der Waals surface area contributed by atoms with Crippen LogP contribution in [-0.2, 0) is 0 Å². The van der Waals surface area contributed by atoms with Gasteiger partial charge in [0.1, 0.15) is 11.4 Å². The summed E-state index contributed by atoms with van der Waals surface area (Å²) in [7, 11) is 2.96. The van der Waals surface area contributed by atoms with Gasteiger partial charge in [-0.15, -0.1) is 5.10 Å². The Bertz CT molecular complexity index is 830. The predicted octanol–water partition coefficient (Wildman–Crippen LogP) is 1.76. The van der Waals surface area contributed by atoms with Crippen LogP contribution < -0.4 is 9.47 Å². The molecule has 0 aliphatic carbocycles. The van der Waals surface area contributed by atoms with E-state index in [0.717, 1.165) is 0 Å². The summed E-state index contributed by atoms with van der Waals surface area (Å²) in [5.41, 5.74) is 1.71. The van der Waals surface area contributed by atoms with Crippen molar-refractivity contribution in [3.63, 3.8) is 0 Å². The van der Waals surface area contributed by atoms with E-state index in [0.29, 0.717) is 22.8 Å². The van der Waals surface area contributed by atoms with Gasteiger partial charge in [0, 0.05) is 12.1 Å². The summed E-state index contributed by atoms with van der Waals surface area (Å²) in [5.74, 6) is 0.116. The summed E-state index contributed by atoms with van der Waals surface area (Å²) in [6, 6.07) is 6.44. The van der Waals surface area contributed by atoms with E-state index in [9.17, 15) is 10.2 Å². The van der Waals surface area contributed by atoms with Crippen LogP contribution in [-0.4, -0.2) is 44.4 Å². The molecule has 0 spiro atoms. The molecular formula is C15H14N4O4. The van der Waals surface area contributed by atoms with E-state index in [4.69, 9.17) is 9.47 Å². The number of hydrogen-bond donors (Lipinski definition) is 2. The maximum atomic E-state index is 9.82. The molecule has 0 saturated carbocycles. The fourth-order valence-corrected chi connectivity index (χ4v) is 2.11. The van der Waals surface area contributed by atoms with Gasteiger partial charge in [0.05, 0.1) is 38.0 Å². The number of nitrogens with zero attached hydrogens (tertiary/aromatic N) is 4. The van der Waals surface area contributed by atoms with Gasteiger partial charge in [0.15, 0.2) is 11.5 Å². The zero-order chi connectivity index (χ0) is 16.4. The second-order valence-electron chi connectivity index (χ2n) is 4.63. The molecule has 0 fully saturated rings. The van der Waals surface area contributed by atoms with Crippen molar-refractivity contribution >= 4 is 0 Å². The SMILES string of the molecule is COc1ccc(-c2cnnn2-c2cc(O)c(O)c(OC)c2)nc1. The third-order valence-corrected chi connectivity index (χ3v) is 3.29. The van der Waals surface area contributed by atoms with Crippen molar-refractivity contribution in [1.82, 2.24) is 20.0 Å². The molecule has 0 saturated heterocycles. The number of pyridine rings is 1. The summed E-state index contributed by atoms with van der Waals surface area (Å²) >= 11 is 0. The number of rotatable bonds is 4. The van der Waals surface area contributed by atoms with Gasteiger partial charge < -0.3 is 19.7 Å². The van der Waals surface area contributed by atoms with Crippen LogP contribution in [0.4, 0.5) is 0 Å². The van der Waals surface area contributed by atoms with E-state index in [2.05, 4.69) is 15.3 Å². The zero-order valence-corrected chi connectivity index (χ0v) is 12.5. The van der Waals surface area contributed by atoms with E-state index < -0.39 is 0 Å². The van der Waals surface area contributed by atoms with Crippen molar-refractivity contribution in [1.29, 1.82) is 0 Å². The molecule has 0 aliphatic rings. The minimum absolute atomic E-state index is 0.129. The second-order valence-corrected chi connectivity index (χ2v) is 4.63. The van der Waals surface area contributed by atoms with E-state index in [-0.39, 0.29) is 17.2 Å². The highest BCUT2D eigenvalue weighted by atomic mass is 16.5. The summed E-state index contributed by atoms with van der Waals surface area (Å²) in [5, 5.41) is 27.4. The van der Waals surface area contributed by atoms with Crippen molar-refractivity contribution in [2.24, 2.45) is 0 Å². The summed E-state index contributed by atoms with van der Waals surface area (Å²) in [4.78, 5) is 4.29. The molecule has 0 amide bonds. The monoisotopic (exact) mass is 314 g/mol. The van der Waals surface area contributed by atoms with Crippen molar-refractivity contribution in [2.75, 3.05) is 14.2 Å². The fourth-order valence-electron chi connectivity index (χ4n) is 2.11. The first-order chi connectivity index (χ1) is 11.1. The minimum atomic E-state index is -0.333. The third kappa shape index (κ3) is 2.61. The van der Waals surface area contributed by atoms with Gasteiger partial charge in [-0.05, 0) is 12.1 Å². The van der Waals surface area contributed by atoms with Gasteiger partial charge in [0.2, 0.25) is 5.75 Å². The van der Waals surface area contributed by atoms with Crippen molar-refractivity contribution < 1.29 is 19.7 Å². The Balaban J connectivity index is 2.09. The lowest BCUT2D eigenvalue weighted by Crippen LogP contribution is -2.01. The molecule has 118 valence electrons. The molecule has 0 bridgehead atoms. The molecule has 3 rings (SSSR count). The first-order valence-electron chi connectivity index (χ1n) is 6.65. The standard InChI is InChI=1S/C15H14N4O4/c1-22-10-3-4-11(16-7-10)12-8-17-18-19(12)9-5-13(20)15(21)14(6-9)23-2/h3-8,20-21H,1-2H3. The van der Waals surface area contributed by atoms with Crippen LogP contribution in [0.3, 0.4) is 0 Å². The van der Waals surface area contributed by atoms with E-state index in [1.54, 1.807) is 31.6 Å². The molecule has 2 heterocycles. The number of aromatic hydroxyl groups is 2. The van der Waals surface area contributed by atoms with E-state index in [1.807, 2.05) is 0 Å². The number of phenolic OH excluding ortho intramolecular Hbond substituents is 2. The van der Waals surface area contributed by atoms with E-state index in [1.165, 1.54) is 23.9 Å². The van der Waals surface area contributed by atoms with Gasteiger partial charge in [-0.3, -0.25) is 4.98 Å². The van der Waals surface area contributed by atoms with Crippen LogP contribution in [0.25, 0.3) is 17.1 Å². The van der Waals surface area contributed by atoms with Crippen LogP contribution in [0.15, 0.2) is 36.7 Å². The molecule has 0 aliphatic heterocycles. The molecule has 1 aromatic carbocycles. The summed E-state index contributed by atoms with van der Waals surface area (Å²) in [6.07, 6.45) is 3.13. The molecule has 8 heteroatoms. The normalized spacial score (nSPS) is 10.5. The molecule has 2 aromatic heterocycles. The molecule has 0 atom stereocenters. The average Bonchev–Trinajstić information content (AvgIpc) is 3.07. The quantitative estimate of drug-likeness (QED) is 0.707. The Kier molecular flexibility index (Phi) is 3.71. The molecule has 23 heavy (non-hydrogen) atoms. The lowest BCUT2D eigenvalue weighted by Gasteiger charge is -2.10. The highest BCUT2D eigenvalue weighted by Gasteiger charge is 2.15. The molecule has 0 unspecified atom stereocenters. The van der Waals surface area contributed by atoms with Gasteiger partial charge in [0.25, 0.3) is 0 Å². The Labute approximate surface area is 131 Å². The van der Waals surface area contributed by atoms with Crippen LogP contribution in [0.5, 0.6) is 23.0 Å². The topological polar surface area (TPSA) is 103 Å². The molecule has 0 radical (unpaired) electrons. The van der Waals surface area contributed by atoms with Crippen molar-refractivity contribution in [2.45, 2.75) is 0 Å². The van der Waals surface area contributed by atoms with Gasteiger partial charge in [-0.2, -0.15) is 0 Å². The Hall–Kier alpha value is -3.29. The van der Waals surface area contributed by atoms with Gasteiger partial charge in [-0.25, -0.2) is 4.68 Å². The average molecular weight is 314 g/mol. The Morgan fingerprint density at radius 3 is 2.52 bits per heavy atom. The van der Waals surface area contributed by atoms with Gasteiger partial charge in [-0.1, -0.05) is 5.21 Å². The highest BCUT2D eigenvalue weighted by Crippen LogP contribution is 2.38. The van der Waals surface area contributed by atoms with Crippen LogP contribution in [0, 0.1) is 0 Å². The number of phenols is 2. The predicted molar refractivity (Wildman–Crippen MR) is 81.0 cm³/mol. The maximum absolute atomic E-state index is 9.82. The largest absolute Gasteiger partial charge is 0.504 e. The first kappa shape index (κ1) is 14.6. The zero-order valence-electron chi connectivity index (χ0n) is 12.5. The molecular weight excluding hydrogens is 300 g/mol. The van der Waals surface area contributed by atoms with Gasteiger partial charge >= 0.3 is 0 Å². The second kappa shape index (κ2) is 5.84. The minimum Gasteiger partial charge on any atom is -0.504 e. The number of aromatic nitrogens is 4. The Morgan fingerprint density at radius 2 is 1.87 bits per heavy atom. The van der Waals surface area contributed by atoms with Crippen LogP contribution >= 0.6 is 0 Å². The van der Waals surface area contributed by atoms with E-state index >= 15 is 0 Å². The van der Waals surface area contributed by atoms with Crippen LogP contribution in [0.1, 0.15) is 0 Å². The number of hydrogen-bond acceptors (Lipinski definition) is 7. The highest BCUT2D eigenvalue weighted by molar-refractivity contribution is 5.61. The Morgan fingerprint density at radius 1 is 1.04 bits per heavy atom.